The zero-order valence-electron chi connectivity index (χ0n) is 19.2. The second kappa shape index (κ2) is 10.4. The fourth-order valence-corrected chi connectivity index (χ4v) is 4.89. The summed E-state index contributed by atoms with van der Waals surface area (Å²) in [6.07, 6.45) is 3.05. The lowest BCUT2D eigenvalue weighted by Crippen LogP contribution is -2.50. The summed E-state index contributed by atoms with van der Waals surface area (Å²) >= 11 is 0. The SMILES string of the molecule is Cc1[nH]c2ccc(O)cc2c1C(=O)N(C(C)C)C1CCN(CCc2ccccc2)CC1.Cl. The van der Waals surface area contributed by atoms with Crippen molar-refractivity contribution in [1.29, 1.82) is 0 Å². The van der Waals surface area contributed by atoms with E-state index in [1.165, 1.54) is 5.56 Å². The number of nitrogens with zero attached hydrogens (tertiary/aromatic N) is 2. The number of rotatable bonds is 6. The Morgan fingerprint density at radius 1 is 1.16 bits per heavy atom. The van der Waals surface area contributed by atoms with Crippen molar-refractivity contribution in [2.24, 2.45) is 0 Å². The number of likely N-dealkylation sites (tertiary alicyclic amines) is 1. The Hall–Kier alpha value is -2.50. The van der Waals surface area contributed by atoms with Crippen molar-refractivity contribution in [2.45, 2.75) is 52.1 Å². The van der Waals surface area contributed by atoms with Crippen molar-refractivity contribution in [1.82, 2.24) is 14.8 Å². The van der Waals surface area contributed by atoms with Gasteiger partial charge in [0.15, 0.2) is 0 Å². The average molecular weight is 456 g/mol. The van der Waals surface area contributed by atoms with E-state index in [9.17, 15) is 9.90 Å². The van der Waals surface area contributed by atoms with Gasteiger partial charge in [-0.1, -0.05) is 30.3 Å². The molecule has 2 aromatic carbocycles. The minimum absolute atomic E-state index is 0. The molecule has 0 saturated carbocycles. The van der Waals surface area contributed by atoms with Gasteiger partial charge < -0.3 is 19.9 Å². The van der Waals surface area contributed by atoms with Crippen LogP contribution in [-0.4, -0.2) is 57.5 Å². The van der Waals surface area contributed by atoms with Crippen LogP contribution in [0, 0.1) is 6.92 Å². The second-order valence-electron chi connectivity index (χ2n) is 8.97. The Kier molecular flexibility index (Phi) is 7.86. The minimum Gasteiger partial charge on any atom is -0.508 e. The number of hydrogen-bond acceptors (Lipinski definition) is 3. The summed E-state index contributed by atoms with van der Waals surface area (Å²) in [5, 5.41) is 10.8. The van der Waals surface area contributed by atoms with Gasteiger partial charge in [-0.25, -0.2) is 0 Å². The standard InChI is InChI=1S/C26H33N3O2.ClH/c1-18(2)29(26(31)25-19(3)27-24-10-9-22(30)17-23(24)25)21-12-15-28(16-13-21)14-11-20-7-5-4-6-8-20;/h4-10,17-18,21,27,30H,11-16H2,1-3H3;1H. The van der Waals surface area contributed by atoms with Gasteiger partial charge in [0.05, 0.1) is 5.56 Å². The van der Waals surface area contributed by atoms with E-state index in [1.54, 1.807) is 12.1 Å². The van der Waals surface area contributed by atoms with Crippen molar-refractivity contribution in [3.05, 3.63) is 65.4 Å². The lowest BCUT2D eigenvalue weighted by Gasteiger charge is -2.40. The largest absolute Gasteiger partial charge is 0.508 e. The molecular formula is C26H34ClN3O2. The Balaban J connectivity index is 0.00000289. The third kappa shape index (κ3) is 5.11. The van der Waals surface area contributed by atoms with Crippen LogP contribution in [0.5, 0.6) is 5.75 Å². The number of phenolic OH excluding ortho intramolecular Hbond substituents is 1. The minimum atomic E-state index is 0. The van der Waals surface area contributed by atoms with Gasteiger partial charge in [-0.3, -0.25) is 4.79 Å². The topological polar surface area (TPSA) is 59.6 Å². The molecule has 3 aromatic rings. The van der Waals surface area contributed by atoms with Gasteiger partial charge >= 0.3 is 0 Å². The summed E-state index contributed by atoms with van der Waals surface area (Å²) in [6.45, 7) is 9.23. The molecule has 0 radical (unpaired) electrons. The molecule has 6 heteroatoms. The quantitative estimate of drug-likeness (QED) is 0.539. The first-order valence-corrected chi connectivity index (χ1v) is 11.3. The van der Waals surface area contributed by atoms with Crippen LogP contribution in [0.25, 0.3) is 10.9 Å². The Bertz CT molecular complexity index is 1040. The zero-order chi connectivity index (χ0) is 22.0. The Morgan fingerprint density at radius 3 is 2.50 bits per heavy atom. The van der Waals surface area contributed by atoms with Gasteiger partial charge in [-0.2, -0.15) is 0 Å². The van der Waals surface area contributed by atoms with Gasteiger partial charge in [0.25, 0.3) is 5.91 Å². The Labute approximate surface area is 196 Å². The number of phenols is 1. The maximum atomic E-state index is 13.7. The van der Waals surface area contributed by atoms with Gasteiger partial charge in [-0.05, 0) is 63.8 Å². The van der Waals surface area contributed by atoms with Crippen LogP contribution in [0.2, 0.25) is 0 Å². The van der Waals surface area contributed by atoms with E-state index in [4.69, 9.17) is 0 Å². The lowest BCUT2D eigenvalue weighted by molar-refractivity contribution is 0.0487. The van der Waals surface area contributed by atoms with E-state index >= 15 is 0 Å². The van der Waals surface area contributed by atoms with Crippen molar-refractivity contribution in [3.8, 4) is 5.75 Å². The molecule has 0 bridgehead atoms. The van der Waals surface area contributed by atoms with Crippen LogP contribution >= 0.6 is 12.4 Å². The monoisotopic (exact) mass is 455 g/mol. The van der Waals surface area contributed by atoms with Crippen LogP contribution < -0.4 is 0 Å². The molecule has 1 aliphatic rings. The predicted molar refractivity (Wildman–Crippen MR) is 133 cm³/mol. The molecule has 5 nitrogen and oxygen atoms in total. The number of nitrogens with one attached hydrogen (secondary N) is 1. The van der Waals surface area contributed by atoms with Gasteiger partial charge in [0, 0.05) is 48.3 Å². The van der Waals surface area contributed by atoms with Gasteiger partial charge in [0.2, 0.25) is 0 Å². The highest BCUT2D eigenvalue weighted by molar-refractivity contribution is 6.08. The summed E-state index contributed by atoms with van der Waals surface area (Å²) in [4.78, 5) is 21.6. The summed E-state index contributed by atoms with van der Waals surface area (Å²) < 4.78 is 0. The number of H-pyrrole nitrogens is 1. The highest BCUT2D eigenvalue weighted by Crippen LogP contribution is 2.29. The molecule has 32 heavy (non-hydrogen) atoms. The molecule has 4 rings (SSSR count). The average Bonchev–Trinajstić information content (AvgIpc) is 3.08. The fourth-order valence-electron chi connectivity index (χ4n) is 4.89. The van der Waals surface area contributed by atoms with E-state index in [2.05, 4.69) is 59.0 Å². The van der Waals surface area contributed by atoms with E-state index < -0.39 is 0 Å². The molecule has 1 aliphatic heterocycles. The number of carbonyl (C=O) groups excluding carboxylic acids is 1. The van der Waals surface area contributed by atoms with Gasteiger partial charge in [0.1, 0.15) is 5.75 Å². The molecule has 0 unspecified atom stereocenters. The number of aromatic amines is 1. The first-order chi connectivity index (χ1) is 14.9. The maximum Gasteiger partial charge on any atom is 0.256 e. The third-order valence-electron chi connectivity index (χ3n) is 6.48. The van der Waals surface area contributed by atoms with Crippen LogP contribution in [0.1, 0.15) is 48.3 Å². The van der Waals surface area contributed by atoms with Gasteiger partial charge in [-0.15, -0.1) is 12.4 Å². The number of aromatic hydroxyl groups is 1. The summed E-state index contributed by atoms with van der Waals surface area (Å²) in [7, 11) is 0. The van der Waals surface area contributed by atoms with Crippen molar-refractivity contribution >= 4 is 29.2 Å². The lowest BCUT2D eigenvalue weighted by atomic mass is 9.99. The van der Waals surface area contributed by atoms with E-state index in [-0.39, 0.29) is 36.1 Å². The molecule has 0 atom stereocenters. The molecule has 2 N–H and O–H groups in total. The number of aryl methyl sites for hydroxylation is 1. The van der Waals surface area contributed by atoms with E-state index in [0.29, 0.717) is 5.56 Å². The molecular weight excluding hydrogens is 422 g/mol. The first-order valence-electron chi connectivity index (χ1n) is 11.3. The highest BCUT2D eigenvalue weighted by atomic mass is 35.5. The zero-order valence-corrected chi connectivity index (χ0v) is 20.0. The summed E-state index contributed by atoms with van der Waals surface area (Å²) in [5.74, 6) is 0.246. The van der Waals surface area contributed by atoms with Crippen molar-refractivity contribution < 1.29 is 9.90 Å². The Morgan fingerprint density at radius 2 is 1.84 bits per heavy atom. The molecule has 2 heterocycles. The first kappa shape index (κ1) is 24.1. The van der Waals surface area contributed by atoms with Crippen LogP contribution in [-0.2, 0) is 6.42 Å². The molecule has 0 aliphatic carbocycles. The highest BCUT2D eigenvalue weighted by Gasteiger charge is 2.32. The number of hydrogen-bond donors (Lipinski definition) is 2. The number of halogens is 1. The number of aromatic nitrogens is 1. The summed E-state index contributed by atoms with van der Waals surface area (Å²) in [5.41, 5.74) is 3.81. The van der Waals surface area contributed by atoms with Crippen LogP contribution in [0.3, 0.4) is 0 Å². The number of benzene rings is 2. The number of amides is 1. The van der Waals surface area contributed by atoms with Crippen LogP contribution in [0.15, 0.2) is 48.5 Å². The molecule has 1 aromatic heterocycles. The molecule has 1 fully saturated rings. The molecule has 1 amide bonds. The maximum absolute atomic E-state index is 13.7. The van der Waals surface area contributed by atoms with Crippen molar-refractivity contribution in [2.75, 3.05) is 19.6 Å². The molecule has 1 saturated heterocycles. The number of carbonyl (C=O) groups is 1. The fraction of sp³-hybridized carbons (Fsp3) is 0.423. The normalized spacial score (nSPS) is 15.1. The number of fused-ring (bicyclic) bond motifs is 1. The smallest absolute Gasteiger partial charge is 0.256 e. The summed E-state index contributed by atoms with van der Waals surface area (Å²) in [6, 6.07) is 16.2. The second-order valence-corrected chi connectivity index (χ2v) is 8.97. The third-order valence-corrected chi connectivity index (χ3v) is 6.48. The van der Waals surface area contributed by atoms with E-state index in [0.717, 1.165) is 55.5 Å². The molecule has 172 valence electrons. The van der Waals surface area contributed by atoms with Crippen molar-refractivity contribution in [3.63, 3.8) is 0 Å². The van der Waals surface area contributed by atoms with E-state index in [1.807, 2.05) is 13.0 Å². The number of piperidine rings is 1. The van der Waals surface area contributed by atoms with Crippen LogP contribution in [0.4, 0.5) is 0 Å². The molecule has 0 spiro atoms. The predicted octanol–water partition coefficient (Wildman–Crippen LogP) is 5.16.